The Kier molecular flexibility index (Phi) is 9.12. The molecule has 0 spiro atoms. The first-order chi connectivity index (χ1) is 14.5. The van der Waals surface area contributed by atoms with Crippen molar-refractivity contribution in [2.45, 2.75) is 26.4 Å². The topological polar surface area (TPSA) is 67.4 Å². The van der Waals surface area contributed by atoms with Crippen LogP contribution in [-0.2, 0) is 6.54 Å². The van der Waals surface area contributed by atoms with E-state index in [0.29, 0.717) is 23.8 Å². The van der Waals surface area contributed by atoms with E-state index in [9.17, 15) is 0 Å². The van der Waals surface area contributed by atoms with E-state index >= 15 is 0 Å². The molecule has 7 heteroatoms. The van der Waals surface area contributed by atoms with Crippen LogP contribution in [0, 0.1) is 0 Å². The summed E-state index contributed by atoms with van der Waals surface area (Å²) in [5.74, 6) is 2.59. The summed E-state index contributed by atoms with van der Waals surface area (Å²) >= 11 is 0. The van der Waals surface area contributed by atoms with Crippen LogP contribution in [-0.4, -0.2) is 53.5 Å². The summed E-state index contributed by atoms with van der Waals surface area (Å²) in [7, 11) is 6.92. The number of para-hydroxylation sites is 1. The lowest BCUT2D eigenvalue weighted by Gasteiger charge is -2.27. The second-order valence-electron chi connectivity index (χ2n) is 6.91. The number of benzene rings is 2. The lowest BCUT2D eigenvalue weighted by Crippen LogP contribution is -2.45. The second kappa shape index (κ2) is 11.8. The van der Waals surface area contributed by atoms with Gasteiger partial charge in [0.05, 0.1) is 27.9 Å². The average molecular weight is 415 g/mol. The van der Waals surface area contributed by atoms with Crippen molar-refractivity contribution in [1.29, 1.82) is 0 Å². The molecule has 0 aromatic heterocycles. The molecule has 0 aliphatic rings. The predicted molar refractivity (Wildman–Crippen MR) is 123 cm³/mol. The molecular weight excluding hydrogens is 380 g/mol. The van der Waals surface area contributed by atoms with Crippen molar-refractivity contribution in [1.82, 2.24) is 10.6 Å². The first-order valence-electron chi connectivity index (χ1n) is 10.1. The normalized spacial score (nSPS) is 12.1. The van der Waals surface area contributed by atoms with E-state index in [4.69, 9.17) is 19.2 Å². The van der Waals surface area contributed by atoms with Crippen molar-refractivity contribution in [2.24, 2.45) is 4.99 Å². The van der Waals surface area contributed by atoms with Crippen LogP contribution in [0.2, 0.25) is 0 Å². The zero-order valence-electron chi connectivity index (χ0n) is 18.9. The van der Waals surface area contributed by atoms with E-state index in [1.54, 1.807) is 21.3 Å². The maximum atomic E-state index is 5.43. The fraction of sp³-hybridized carbons (Fsp3) is 0.435. The molecule has 2 aromatic carbocycles. The van der Waals surface area contributed by atoms with Crippen molar-refractivity contribution in [2.75, 3.05) is 46.4 Å². The van der Waals surface area contributed by atoms with Gasteiger partial charge in [0.15, 0.2) is 17.5 Å². The zero-order chi connectivity index (χ0) is 21.9. The van der Waals surface area contributed by atoms with Gasteiger partial charge in [-0.1, -0.05) is 18.2 Å². The smallest absolute Gasteiger partial charge is 0.203 e. The van der Waals surface area contributed by atoms with E-state index in [1.165, 1.54) is 5.69 Å². The Labute approximate surface area is 180 Å². The number of aliphatic imine (C=N–C) groups is 1. The number of methoxy groups -OCH3 is 3. The fourth-order valence-corrected chi connectivity index (χ4v) is 3.04. The molecular formula is C23H34N4O3. The number of nitrogens with zero attached hydrogens (tertiary/aromatic N) is 2. The van der Waals surface area contributed by atoms with Gasteiger partial charge < -0.3 is 29.7 Å². The van der Waals surface area contributed by atoms with Crippen LogP contribution >= 0.6 is 0 Å². The van der Waals surface area contributed by atoms with Crippen LogP contribution in [0.15, 0.2) is 47.5 Å². The highest BCUT2D eigenvalue weighted by Gasteiger charge is 2.14. The minimum Gasteiger partial charge on any atom is -0.493 e. The predicted octanol–water partition coefficient (Wildman–Crippen LogP) is 3.29. The highest BCUT2D eigenvalue weighted by Crippen LogP contribution is 2.38. The van der Waals surface area contributed by atoms with Crippen molar-refractivity contribution in [3.8, 4) is 17.2 Å². The molecule has 30 heavy (non-hydrogen) atoms. The quantitative estimate of drug-likeness (QED) is 0.459. The minimum atomic E-state index is 0.289. The van der Waals surface area contributed by atoms with E-state index in [-0.39, 0.29) is 6.04 Å². The Morgan fingerprint density at radius 3 is 2.17 bits per heavy atom. The molecule has 2 rings (SSSR count). The fourth-order valence-electron chi connectivity index (χ4n) is 3.04. The number of rotatable bonds is 10. The number of hydrogen-bond acceptors (Lipinski definition) is 5. The number of hydrogen-bond donors (Lipinski definition) is 2. The summed E-state index contributed by atoms with van der Waals surface area (Å²) in [6.45, 7) is 6.25. The van der Waals surface area contributed by atoms with Gasteiger partial charge in [0.1, 0.15) is 0 Å². The van der Waals surface area contributed by atoms with Gasteiger partial charge in [0.2, 0.25) is 5.75 Å². The molecule has 0 saturated heterocycles. The molecule has 2 N–H and O–H groups in total. The molecule has 0 aliphatic carbocycles. The Morgan fingerprint density at radius 1 is 1.00 bits per heavy atom. The lowest BCUT2D eigenvalue weighted by atomic mass is 10.2. The van der Waals surface area contributed by atoms with Gasteiger partial charge in [-0.15, -0.1) is 0 Å². The van der Waals surface area contributed by atoms with Crippen LogP contribution in [0.5, 0.6) is 17.2 Å². The Balaban J connectivity index is 2.07. The molecule has 0 saturated carbocycles. The number of nitrogens with one attached hydrogen (secondary N) is 2. The summed E-state index contributed by atoms with van der Waals surface area (Å²) < 4.78 is 16.2. The van der Waals surface area contributed by atoms with Gasteiger partial charge in [-0.2, -0.15) is 0 Å². The molecule has 0 heterocycles. The van der Waals surface area contributed by atoms with Crippen LogP contribution < -0.4 is 29.7 Å². The minimum absolute atomic E-state index is 0.289. The van der Waals surface area contributed by atoms with Crippen molar-refractivity contribution in [3.05, 3.63) is 48.0 Å². The number of anilines is 1. The maximum Gasteiger partial charge on any atom is 0.203 e. The molecule has 0 radical (unpaired) electrons. The van der Waals surface area contributed by atoms with Crippen molar-refractivity contribution >= 4 is 11.6 Å². The lowest BCUT2D eigenvalue weighted by molar-refractivity contribution is 0.324. The summed E-state index contributed by atoms with van der Waals surface area (Å²) in [6, 6.07) is 14.5. The number of likely N-dealkylation sites (N-methyl/N-ethyl adjacent to an activating group) is 1. The molecule has 0 fully saturated rings. The third kappa shape index (κ3) is 6.20. The molecule has 7 nitrogen and oxygen atoms in total. The number of ether oxygens (including phenoxy) is 3. The number of guanidine groups is 1. The van der Waals surface area contributed by atoms with Gasteiger partial charge in [-0.3, -0.25) is 0 Å². The SMILES string of the molecule is CCNC(=NCc1cc(OC)c(OC)c(OC)c1)NCC(C)N(C)c1ccccc1. The van der Waals surface area contributed by atoms with Crippen LogP contribution in [0.1, 0.15) is 19.4 Å². The van der Waals surface area contributed by atoms with Crippen LogP contribution in [0.4, 0.5) is 5.69 Å². The maximum absolute atomic E-state index is 5.43. The molecule has 164 valence electrons. The molecule has 2 aromatic rings. The van der Waals surface area contributed by atoms with Gasteiger partial charge >= 0.3 is 0 Å². The van der Waals surface area contributed by atoms with Crippen molar-refractivity contribution in [3.63, 3.8) is 0 Å². The van der Waals surface area contributed by atoms with Gasteiger partial charge in [-0.05, 0) is 43.7 Å². The molecule has 0 aliphatic heterocycles. The summed E-state index contributed by atoms with van der Waals surface area (Å²) in [5, 5.41) is 6.73. The van der Waals surface area contributed by atoms with Crippen LogP contribution in [0.25, 0.3) is 0 Å². The first kappa shape index (κ1) is 23.2. The summed E-state index contributed by atoms with van der Waals surface area (Å²) in [4.78, 5) is 6.96. The highest BCUT2D eigenvalue weighted by molar-refractivity contribution is 5.79. The summed E-state index contributed by atoms with van der Waals surface area (Å²) in [5.41, 5.74) is 2.15. The first-order valence-corrected chi connectivity index (χ1v) is 10.1. The van der Waals surface area contributed by atoms with Gasteiger partial charge in [-0.25, -0.2) is 4.99 Å². The van der Waals surface area contributed by atoms with E-state index in [0.717, 1.165) is 24.6 Å². The van der Waals surface area contributed by atoms with Gasteiger partial charge in [0, 0.05) is 31.9 Å². The van der Waals surface area contributed by atoms with Gasteiger partial charge in [0.25, 0.3) is 0 Å². The third-order valence-corrected chi connectivity index (χ3v) is 4.88. The molecule has 1 atom stereocenters. The Bertz CT molecular complexity index is 786. The standard InChI is InChI=1S/C23H34N4O3/c1-7-24-23(25-15-17(2)27(3)19-11-9-8-10-12-19)26-16-18-13-20(28-4)22(30-6)21(14-18)29-5/h8-14,17H,7,15-16H2,1-6H3,(H2,24,25,26). The zero-order valence-corrected chi connectivity index (χ0v) is 18.9. The van der Waals surface area contributed by atoms with E-state index in [2.05, 4.69) is 60.7 Å². The largest absolute Gasteiger partial charge is 0.493 e. The Morgan fingerprint density at radius 2 is 1.63 bits per heavy atom. The van der Waals surface area contributed by atoms with Crippen LogP contribution in [0.3, 0.4) is 0 Å². The van der Waals surface area contributed by atoms with E-state index in [1.807, 2.05) is 18.2 Å². The Hall–Kier alpha value is -3.09. The summed E-state index contributed by atoms with van der Waals surface area (Å²) in [6.07, 6.45) is 0. The molecule has 0 amide bonds. The van der Waals surface area contributed by atoms with E-state index < -0.39 is 0 Å². The highest BCUT2D eigenvalue weighted by atomic mass is 16.5. The molecule has 1 unspecified atom stereocenters. The molecule has 0 bridgehead atoms. The second-order valence-corrected chi connectivity index (χ2v) is 6.91. The third-order valence-electron chi connectivity index (χ3n) is 4.88. The monoisotopic (exact) mass is 414 g/mol. The average Bonchev–Trinajstić information content (AvgIpc) is 2.79. The van der Waals surface area contributed by atoms with Crippen molar-refractivity contribution < 1.29 is 14.2 Å².